The van der Waals surface area contributed by atoms with Crippen LogP contribution in [0.15, 0.2) is 64.0 Å². The van der Waals surface area contributed by atoms with E-state index >= 15 is 0 Å². The van der Waals surface area contributed by atoms with Crippen LogP contribution >= 0.6 is 68.0 Å². The molecule has 1 aromatic carbocycles. The molecule has 91 heavy (non-hydrogen) atoms. The molecule has 0 radical (unpaired) electrons. The van der Waals surface area contributed by atoms with E-state index in [1.807, 2.05) is 42.8 Å². The second kappa shape index (κ2) is 32.6. The number of anilines is 1. The fourth-order valence-electron chi connectivity index (χ4n) is 9.47. The molecule has 7 aromatic heterocycles. The summed E-state index contributed by atoms with van der Waals surface area (Å²) >= 11 is 7.54. The van der Waals surface area contributed by atoms with Gasteiger partial charge in [-0.05, 0) is 62.6 Å². The minimum absolute atomic E-state index is 0.00683. The maximum absolute atomic E-state index is 14.4. The Bertz CT molecular complexity index is 3880. The number of ether oxygens (including phenoxy) is 1. The molecule has 3 atom stereocenters. The van der Waals surface area contributed by atoms with Crippen molar-refractivity contribution in [3.05, 3.63) is 111 Å². The highest BCUT2D eigenvalue weighted by atomic mass is 32.1. The Morgan fingerprint density at radius 3 is 2.11 bits per heavy atom. The zero-order valence-electron chi connectivity index (χ0n) is 50.2. The number of unbranched alkanes of at least 4 members (excludes halogenated alkanes) is 3. The molecule has 0 saturated carbocycles. The van der Waals surface area contributed by atoms with Crippen LogP contribution in [0.5, 0.6) is 0 Å². The van der Waals surface area contributed by atoms with Crippen molar-refractivity contribution in [3.8, 4) is 43.4 Å². The standard InChI is InChI=1S/C60H67N13O12S6/c1-31(2)47(58-72-50(41(91-58)26-85-5)52(79)63-25-42(61)74)70-53(80)48-32(3)90-57(71-48)37(24-44(75)62-4)66-51(78)39-28-87-54(68-39)35-20-21-36(65-49(35)38-27-88-56(67-38)40-29-86-45(64-40)22-19-33-14-9-8-10-15-33)55-69-43(30-89-55)73(60(83)84)23-13-17-34(59(81)82)16-11-6-7-12-18-46(76)77/h8-10,14-15,20-21,27-31,34,37,47H,6-7,11-13,16-19,22-26H2,1-5H3,(H2,61,74)(H,62,75)(H,63,79)(H,66,78)(H,70,80)(H,76,77)(H,81,82)(H,83,84)/t34?,37-,47?/m0/s1. The number of primary amides is 1. The zero-order chi connectivity index (χ0) is 65.3. The molecule has 0 bridgehead atoms. The first kappa shape index (κ1) is 68.6. The van der Waals surface area contributed by atoms with E-state index in [9.17, 15) is 48.6 Å². The van der Waals surface area contributed by atoms with Crippen molar-refractivity contribution in [2.24, 2.45) is 17.6 Å². The van der Waals surface area contributed by atoms with Crippen molar-refractivity contribution < 1.29 is 58.4 Å². The molecule has 0 fully saturated rings. The first-order chi connectivity index (χ1) is 43.7. The second-order valence-corrected chi connectivity index (χ2v) is 27.1. The van der Waals surface area contributed by atoms with E-state index in [1.54, 1.807) is 41.2 Å². The minimum atomic E-state index is -1.27. The number of nitrogens with zero attached hydrogens (tertiary/aromatic N) is 8. The molecule has 25 nitrogen and oxygen atoms in total. The van der Waals surface area contributed by atoms with Crippen LogP contribution < -0.4 is 31.9 Å². The number of carboxylic acid groups (broad SMARTS) is 3. The van der Waals surface area contributed by atoms with Crippen molar-refractivity contribution in [3.63, 3.8) is 0 Å². The molecule has 2 unspecified atom stereocenters. The number of aliphatic carboxylic acids is 2. The quantitative estimate of drug-likeness (QED) is 0.0174. The number of rotatable bonds is 34. The lowest BCUT2D eigenvalue weighted by Crippen LogP contribution is -2.34. The van der Waals surface area contributed by atoms with Gasteiger partial charge in [-0.1, -0.05) is 63.4 Å². The summed E-state index contributed by atoms with van der Waals surface area (Å²) < 4.78 is 5.31. The number of amides is 6. The Labute approximate surface area is 547 Å². The smallest absolute Gasteiger partial charge is 0.413 e. The monoisotopic (exact) mass is 1350 g/mol. The molecule has 480 valence electrons. The number of carboxylic acids is 2. The summed E-state index contributed by atoms with van der Waals surface area (Å²) in [6.07, 6.45) is 3.47. The number of hydrogen-bond donors (Lipinski definition) is 8. The van der Waals surface area contributed by atoms with Gasteiger partial charge in [-0.2, -0.15) is 0 Å². The molecule has 0 aliphatic carbocycles. The fourth-order valence-corrected chi connectivity index (χ4v) is 14.9. The third-order valence-electron chi connectivity index (χ3n) is 14.2. The number of nitrogens with two attached hydrogens (primary N) is 1. The molecule has 0 spiro atoms. The third-order valence-corrected chi connectivity index (χ3v) is 19.9. The van der Waals surface area contributed by atoms with Crippen molar-refractivity contribution in [1.82, 2.24) is 56.2 Å². The molecule has 0 aliphatic rings. The Morgan fingerprint density at radius 2 is 1.40 bits per heavy atom. The van der Waals surface area contributed by atoms with Gasteiger partial charge < -0.3 is 47.1 Å². The predicted molar refractivity (Wildman–Crippen MR) is 349 cm³/mol. The topological polar surface area (TPSA) is 374 Å². The number of carbonyl (C=O) groups excluding carboxylic acids is 5. The number of aryl methyl sites for hydroxylation is 3. The average molecular weight is 1350 g/mol. The number of aromatic nitrogens is 7. The number of carbonyl (C=O) groups is 8. The predicted octanol–water partition coefficient (Wildman–Crippen LogP) is 10.1. The lowest BCUT2D eigenvalue weighted by atomic mass is 9.95. The first-order valence-corrected chi connectivity index (χ1v) is 34.0. The molecule has 0 saturated heterocycles. The highest BCUT2D eigenvalue weighted by Gasteiger charge is 2.32. The molecule has 6 amide bonds. The van der Waals surface area contributed by atoms with E-state index in [0.717, 1.165) is 45.4 Å². The Kier molecular flexibility index (Phi) is 24.6. The van der Waals surface area contributed by atoms with Gasteiger partial charge in [-0.25, -0.2) is 39.7 Å². The molecular formula is C60H67N13O12S6. The van der Waals surface area contributed by atoms with Crippen LogP contribution in [0.1, 0.15) is 146 Å². The third kappa shape index (κ3) is 18.7. The van der Waals surface area contributed by atoms with Crippen LogP contribution in [0.25, 0.3) is 43.4 Å². The van der Waals surface area contributed by atoms with E-state index in [1.165, 1.54) is 53.7 Å². The van der Waals surface area contributed by atoms with E-state index in [4.69, 9.17) is 40.5 Å². The normalized spacial score (nSPS) is 12.3. The largest absolute Gasteiger partial charge is 0.481 e. The van der Waals surface area contributed by atoms with Crippen LogP contribution in [0.4, 0.5) is 10.6 Å². The van der Waals surface area contributed by atoms with Crippen molar-refractivity contribution >= 4 is 121 Å². The van der Waals surface area contributed by atoms with Gasteiger partial charge in [0, 0.05) is 65.5 Å². The lowest BCUT2D eigenvalue weighted by Gasteiger charge is -2.20. The Balaban J connectivity index is 1.03. The number of nitrogens with one attached hydrogen (secondary N) is 4. The minimum Gasteiger partial charge on any atom is -0.481 e. The molecular weight excluding hydrogens is 1290 g/mol. The van der Waals surface area contributed by atoms with Crippen molar-refractivity contribution in [1.29, 1.82) is 0 Å². The lowest BCUT2D eigenvalue weighted by molar-refractivity contribution is -0.142. The van der Waals surface area contributed by atoms with Gasteiger partial charge in [0.15, 0.2) is 0 Å². The van der Waals surface area contributed by atoms with Crippen LogP contribution in [0, 0.1) is 18.8 Å². The van der Waals surface area contributed by atoms with Crippen molar-refractivity contribution in [2.45, 2.75) is 110 Å². The number of methoxy groups -OCH3 is 1. The molecule has 8 aromatic rings. The summed E-state index contributed by atoms with van der Waals surface area (Å²) in [6, 6.07) is 11.9. The van der Waals surface area contributed by atoms with E-state index < -0.39 is 72.1 Å². The second-order valence-electron chi connectivity index (χ2n) is 21.2. The number of hydrogen-bond acceptors (Lipinski definition) is 22. The fraction of sp³-hybridized carbons (Fsp3) is 0.383. The summed E-state index contributed by atoms with van der Waals surface area (Å²) in [5.74, 6) is -5.63. The van der Waals surface area contributed by atoms with Gasteiger partial charge in [0.2, 0.25) is 11.8 Å². The highest BCUT2D eigenvalue weighted by molar-refractivity contribution is 7.15. The van der Waals surface area contributed by atoms with Crippen LogP contribution in [0.2, 0.25) is 0 Å². The summed E-state index contributed by atoms with van der Waals surface area (Å²) in [6.45, 7) is 5.05. The SMILES string of the molecule is CNC(=O)C[C@H](NC(=O)c1csc(-c2ccc(-c3nc(N(CCCC(CCCCCCC(=O)O)C(=O)O)C(=O)O)cs3)nc2-c2csc(-c3csc(CCc4ccccc4)n3)n2)n1)c1nc(C(=O)NC(c2nc(C(=O)NCC(N)=O)c(COC)s2)C(C)C)c(C)s1. The van der Waals surface area contributed by atoms with E-state index in [-0.39, 0.29) is 72.7 Å². The van der Waals surface area contributed by atoms with Crippen molar-refractivity contribution in [2.75, 3.05) is 32.1 Å². The van der Waals surface area contributed by atoms with E-state index in [0.29, 0.717) is 90.2 Å². The Hall–Kier alpha value is -8.33. The highest BCUT2D eigenvalue weighted by Crippen LogP contribution is 2.39. The van der Waals surface area contributed by atoms with Gasteiger partial charge >= 0.3 is 18.0 Å². The molecule has 31 heteroatoms. The van der Waals surface area contributed by atoms with Crippen LogP contribution in [-0.2, 0) is 43.4 Å². The summed E-state index contributed by atoms with van der Waals surface area (Å²) in [4.78, 5) is 138. The molecule has 8 rings (SSSR count). The van der Waals surface area contributed by atoms with Gasteiger partial charge in [0.25, 0.3) is 17.7 Å². The first-order valence-electron chi connectivity index (χ1n) is 28.9. The molecule has 0 aliphatic heterocycles. The van der Waals surface area contributed by atoms with Crippen LogP contribution in [0.3, 0.4) is 0 Å². The van der Waals surface area contributed by atoms with Gasteiger partial charge in [-0.3, -0.25) is 38.5 Å². The number of thiazole rings is 6. The zero-order valence-corrected chi connectivity index (χ0v) is 55.1. The molecule has 7 heterocycles. The summed E-state index contributed by atoms with van der Waals surface area (Å²) in [5, 5.41) is 50.2. The van der Waals surface area contributed by atoms with Gasteiger partial charge in [0.1, 0.15) is 65.0 Å². The average Bonchev–Trinajstić information content (AvgIpc) is 1.73. The Morgan fingerprint density at radius 1 is 0.681 bits per heavy atom. The maximum atomic E-state index is 14.4. The molecule has 9 N–H and O–H groups in total. The van der Waals surface area contributed by atoms with E-state index in [2.05, 4.69) is 43.4 Å². The van der Waals surface area contributed by atoms with Gasteiger partial charge in [0.05, 0.1) is 53.2 Å². The summed E-state index contributed by atoms with van der Waals surface area (Å²) in [5.41, 5.74) is 8.95. The number of benzene rings is 1. The van der Waals surface area contributed by atoms with Crippen LogP contribution in [-0.4, -0.2) is 125 Å². The van der Waals surface area contributed by atoms with Gasteiger partial charge in [-0.15, -0.1) is 68.0 Å². The maximum Gasteiger partial charge on any atom is 0.413 e. The number of pyridine rings is 1. The summed E-state index contributed by atoms with van der Waals surface area (Å²) in [7, 11) is 2.92.